The molecular formula is C16H19N3O3S. The Labute approximate surface area is 135 Å². The summed E-state index contributed by atoms with van der Waals surface area (Å²) < 4.78 is 33.3. The summed E-state index contributed by atoms with van der Waals surface area (Å²) in [6, 6.07) is 5.27. The number of nitrogens with one attached hydrogen (secondary N) is 1. The summed E-state index contributed by atoms with van der Waals surface area (Å²) in [6.45, 7) is 2.98. The second-order valence-electron chi connectivity index (χ2n) is 6.20. The van der Waals surface area contributed by atoms with Gasteiger partial charge in [-0.25, -0.2) is 8.42 Å². The van der Waals surface area contributed by atoms with Gasteiger partial charge in [-0.05, 0) is 31.0 Å². The van der Waals surface area contributed by atoms with Gasteiger partial charge in [0.2, 0.25) is 10.0 Å². The van der Waals surface area contributed by atoms with Gasteiger partial charge in [-0.2, -0.15) is 4.31 Å². The molecule has 0 saturated carbocycles. The third-order valence-electron chi connectivity index (χ3n) is 4.90. The van der Waals surface area contributed by atoms with Gasteiger partial charge in [0, 0.05) is 30.1 Å². The lowest BCUT2D eigenvalue weighted by molar-refractivity contribution is 0.416. The Morgan fingerprint density at radius 1 is 1.22 bits per heavy atom. The van der Waals surface area contributed by atoms with Crippen molar-refractivity contribution in [3.63, 3.8) is 0 Å². The minimum atomic E-state index is -3.54. The number of hydrogen-bond donors (Lipinski definition) is 1. The number of rotatable bonds is 3. The van der Waals surface area contributed by atoms with Crippen molar-refractivity contribution in [1.82, 2.24) is 14.6 Å². The van der Waals surface area contributed by atoms with E-state index >= 15 is 0 Å². The van der Waals surface area contributed by atoms with E-state index in [1.807, 2.05) is 6.07 Å². The van der Waals surface area contributed by atoms with Crippen LogP contribution < -0.4 is 10.1 Å². The number of nitrogens with zero attached hydrogens (tertiary/aromatic N) is 2. The molecule has 0 spiro atoms. The first-order chi connectivity index (χ1) is 11.1. The van der Waals surface area contributed by atoms with E-state index in [0.29, 0.717) is 41.0 Å². The smallest absolute Gasteiger partial charge is 0.243 e. The van der Waals surface area contributed by atoms with Crippen molar-refractivity contribution in [2.45, 2.75) is 4.90 Å². The normalized spacial score (nSPS) is 24.9. The third kappa shape index (κ3) is 2.31. The molecule has 2 saturated heterocycles. The maximum Gasteiger partial charge on any atom is 0.243 e. The molecule has 0 radical (unpaired) electrons. The van der Waals surface area contributed by atoms with Crippen molar-refractivity contribution < 1.29 is 13.2 Å². The Morgan fingerprint density at radius 3 is 2.65 bits per heavy atom. The van der Waals surface area contributed by atoms with Gasteiger partial charge in [-0.1, -0.05) is 12.1 Å². The molecule has 1 aromatic heterocycles. The molecular weight excluding hydrogens is 314 g/mol. The van der Waals surface area contributed by atoms with E-state index in [1.54, 1.807) is 28.8 Å². The molecule has 2 atom stereocenters. The standard InChI is InChI=1S/C16H19N3O3S/c1-22-14-8-18-5-11-3-2-4-15(16(11)14)23(20,21)19-9-12-6-17-7-13(12)10-19/h2-5,8,12-13,17H,6-7,9-10H2,1H3. The lowest BCUT2D eigenvalue weighted by Gasteiger charge is -2.19. The monoisotopic (exact) mass is 333 g/mol. The molecule has 7 heteroatoms. The van der Waals surface area contributed by atoms with Gasteiger partial charge in [0.15, 0.2) is 0 Å². The molecule has 0 amide bonds. The highest BCUT2D eigenvalue weighted by molar-refractivity contribution is 7.89. The molecule has 0 bridgehead atoms. The number of pyridine rings is 1. The van der Waals surface area contributed by atoms with Crippen molar-refractivity contribution in [1.29, 1.82) is 0 Å². The lowest BCUT2D eigenvalue weighted by Crippen LogP contribution is -2.32. The van der Waals surface area contributed by atoms with E-state index in [-0.39, 0.29) is 0 Å². The zero-order chi connectivity index (χ0) is 16.0. The molecule has 4 rings (SSSR count). The summed E-state index contributed by atoms with van der Waals surface area (Å²) in [5.74, 6) is 1.33. The fourth-order valence-electron chi connectivity index (χ4n) is 3.69. The summed E-state index contributed by atoms with van der Waals surface area (Å²) in [6.07, 6.45) is 3.23. The molecule has 2 aliphatic heterocycles. The fourth-order valence-corrected chi connectivity index (χ4v) is 5.47. The largest absolute Gasteiger partial charge is 0.494 e. The first kappa shape index (κ1) is 14.9. The molecule has 1 aromatic carbocycles. The van der Waals surface area contributed by atoms with Crippen LogP contribution in [0.25, 0.3) is 10.8 Å². The highest BCUT2D eigenvalue weighted by Gasteiger charge is 2.42. The van der Waals surface area contributed by atoms with Gasteiger partial charge in [0.25, 0.3) is 0 Å². The third-order valence-corrected chi connectivity index (χ3v) is 6.78. The first-order valence-corrected chi connectivity index (χ1v) is 9.17. The molecule has 0 aliphatic carbocycles. The summed E-state index contributed by atoms with van der Waals surface area (Å²) in [5, 5.41) is 4.72. The zero-order valence-corrected chi connectivity index (χ0v) is 13.7. The molecule has 3 heterocycles. The van der Waals surface area contributed by atoms with Crippen LogP contribution in [0.3, 0.4) is 0 Å². The van der Waals surface area contributed by atoms with Crippen LogP contribution in [0.1, 0.15) is 0 Å². The maximum atomic E-state index is 13.2. The number of methoxy groups -OCH3 is 1. The molecule has 2 aliphatic rings. The minimum absolute atomic E-state index is 0.308. The van der Waals surface area contributed by atoms with E-state index in [0.717, 1.165) is 18.5 Å². The topological polar surface area (TPSA) is 71.5 Å². The zero-order valence-electron chi connectivity index (χ0n) is 12.9. The molecule has 122 valence electrons. The summed E-state index contributed by atoms with van der Waals surface area (Å²) >= 11 is 0. The number of benzene rings is 1. The molecule has 6 nitrogen and oxygen atoms in total. The van der Waals surface area contributed by atoms with Crippen molar-refractivity contribution in [2.75, 3.05) is 33.3 Å². The SMILES string of the molecule is COc1cncc2cccc(S(=O)(=O)N3CC4CNCC4C3)c12. The Bertz CT molecular complexity index is 836. The van der Waals surface area contributed by atoms with E-state index < -0.39 is 10.0 Å². The van der Waals surface area contributed by atoms with Crippen LogP contribution in [0, 0.1) is 11.8 Å². The van der Waals surface area contributed by atoms with Crippen molar-refractivity contribution >= 4 is 20.8 Å². The minimum Gasteiger partial charge on any atom is -0.494 e. The summed E-state index contributed by atoms with van der Waals surface area (Å²) in [5.41, 5.74) is 0. The Morgan fingerprint density at radius 2 is 1.96 bits per heavy atom. The highest BCUT2D eigenvalue weighted by Crippen LogP contribution is 2.36. The van der Waals surface area contributed by atoms with Crippen molar-refractivity contribution in [3.8, 4) is 5.75 Å². The number of hydrogen-bond acceptors (Lipinski definition) is 5. The van der Waals surface area contributed by atoms with Crippen LogP contribution in [0.4, 0.5) is 0 Å². The van der Waals surface area contributed by atoms with Crippen LogP contribution in [0.5, 0.6) is 5.75 Å². The highest BCUT2D eigenvalue weighted by atomic mass is 32.2. The average molecular weight is 333 g/mol. The van der Waals surface area contributed by atoms with Gasteiger partial charge >= 0.3 is 0 Å². The van der Waals surface area contributed by atoms with E-state index in [2.05, 4.69) is 10.3 Å². The van der Waals surface area contributed by atoms with Gasteiger partial charge in [-0.3, -0.25) is 4.98 Å². The van der Waals surface area contributed by atoms with E-state index in [4.69, 9.17) is 4.74 Å². The quantitative estimate of drug-likeness (QED) is 0.910. The van der Waals surface area contributed by atoms with Gasteiger partial charge < -0.3 is 10.1 Å². The second kappa shape index (κ2) is 5.43. The number of aromatic nitrogens is 1. The number of ether oxygens (including phenoxy) is 1. The van der Waals surface area contributed by atoms with Crippen molar-refractivity contribution in [2.24, 2.45) is 11.8 Å². The number of fused-ring (bicyclic) bond motifs is 2. The molecule has 2 aromatic rings. The Hall–Kier alpha value is -1.70. The lowest BCUT2D eigenvalue weighted by atomic mass is 10.0. The molecule has 1 N–H and O–H groups in total. The van der Waals surface area contributed by atoms with Crippen LogP contribution in [0.15, 0.2) is 35.5 Å². The van der Waals surface area contributed by atoms with Crippen LogP contribution >= 0.6 is 0 Å². The predicted molar refractivity (Wildman–Crippen MR) is 86.9 cm³/mol. The van der Waals surface area contributed by atoms with Gasteiger partial charge in [0.05, 0.1) is 18.2 Å². The molecule has 2 unspecified atom stereocenters. The summed E-state index contributed by atoms with van der Waals surface area (Å²) in [4.78, 5) is 4.42. The van der Waals surface area contributed by atoms with Gasteiger partial charge in [0.1, 0.15) is 5.75 Å². The van der Waals surface area contributed by atoms with Crippen LogP contribution in [-0.2, 0) is 10.0 Å². The van der Waals surface area contributed by atoms with Crippen LogP contribution in [-0.4, -0.2) is 51.0 Å². The van der Waals surface area contributed by atoms with E-state index in [1.165, 1.54) is 7.11 Å². The van der Waals surface area contributed by atoms with E-state index in [9.17, 15) is 8.42 Å². The molecule has 23 heavy (non-hydrogen) atoms. The van der Waals surface area contributed by atoms with Gasteiger partial charge in [-0.15, -0.1) is 0 Å². The summed E-state index contributed by atoms with van der Waals surface area (Å²) in [7, 11) is -2.01. The fraction of sp³-hybridized carbons (Fsp3) is 0.438. The maximum absolute atomic E-state index is 13.2. The first-order valence-electron chi connectivity index (χ1n) is 7.73. The molecule has 2 fully saturated rings. The van der Waals surface area contributed by atoms with Crippen LogP contribution in [0.2, 0.25) is 0 Å². The number of sulfonamides is 1. The Kier molecular flexibility index (Phi) is 3.51. The van der Waals surface area contributed by atoms with Crippen molar-refractivity contribution in [3.05, 3.63) is 30.6 Å². The second-order valence-corrected chi connectivity index (χ2v) is 8.10. The average Bonchev–Trinajstić information content (AvgIpc) is 3.15. The Balaban J connectivity index is 1.82. The predicted octanol–water partition coefficient (Wildman–Crippen LogP) is 1.08.